The Bertz CT molecular complexity index is 761. The van der Waals surface area contributed by atoms with Gasteiger partial charge in [-0.1, -0.05) is 23.9 Å². The number of rotatable bonds is 5. The molecule has 2 N–H and O–H groups in total. The second kappa shape index (κ2) is 8.06. The molecular formula is C15H15F3N4O2S. The molecule has 2 aromatic rings. The average Bonchev–Trinajstić information content (AvgIpc) is 2.99. The second-order valence-corrected chi connectivity index (χ2v) is 6.00. The molecule has 25 heavy (non-hydrogen) atoms. The Balaban J connectivity index is 1.89. The molecule has 0 fully saturated rings. The third-order valence-corrected chi connectivity index (χ3v) is 3.89. The van der Waals surface area contributed by atoms with Crippen LogP contribution < -0.4 is 10.6 Å². The van der Waals surface area contributed by atoms with Gasteiger partial charge >= 0.3 is 12.2 Å². The first-order valence-corrected chi connectivity index (χ1v) is 8.11. The van der Waals surface area contributed by atoms with Crippen molar-refractivity contribution < 1.29 is 22.8 Å². The molecule has 0 spiro atoms. The lowest BCUT2D eigenvalue weighted by atomic mass is 10.2. The number of alkyl halides is 3. The molecule has 134 valence electrons. The van der Waals surface area contributed by atoms with Crippen LogP contribution in [0.1, 0.15) is 5.56 Å². The monoisotopic (exact) mass is 372 g/mol. The number of nitrogens with one attached hydrogen (secondary N) is 2. The van der Waals surface area contributed by atoms with E-state index in [-0.39, 0.29) is 5.75 Å². The molecule has 1 heterocycles. The number of carbonyl (C=O) groups excluding carboxylic acids is 2. The minimum absolute atomic E-state index is 0.164. The summed E-state index contributed by atoms with van der Waals surface area (Å²) in [5, 5.41) is 3.93. The van der Waals surface area contributed by atoms with Crippen molar-refractivity contribution in [3.05, 3.63) is 42.2 Å². The lowest BCUT2D eigenvalue weighted by Gasteiger charge is -2.10. The highest BCUT2D eigenvalue weighted by atomic mass is 32.2. The van der Waals surface area contributed by atoms with Gasteiger partial charge in [0.2, 0.25) is 5.91 Å². The van der Waals surface area contributed by atoms with Crippen LogP contribution in [0.5, 0.6) is 0 Å². The van der Waals surface area contributed by atoms with Gasteiger partial charge in [0.05, 0.1) is 5.75 Å². The highest BCUT2D eigenvalue weighted by molar-refractivity contribution is 7.99. The maximum absolute atomic E-state index is 12.0. The summed E-state index contributed by atoms with van der Waals surface area (Å²) in [5.41, 5.74) is 1.92. The molecule has 0 aliphatic carbocycles. The first kappa shape index (κ1) is 18.8. The van der Waals surface area contributed by atoms with Crippen LogP contribution in [0.3, 0.4) is 0 Å². The molecule has 3 amide bonds. The Labute approximate surface area is 145 Å². The van der Waals surface area contributed by atoms with Crippen LogP contribution >= 0.6 is 11.8 Å². The molecule has 2 rings (SSSR count). The summed E-state index contributed by atoms with van der Waals surface area (Å²) in [6, 6.07) is 6.46. The Morgan fingerprint density at radius 1 is 1.32 bits per heavy atom. The number of hydrogen-bond donors (Lipinski definition) is 2. The number of imidazole rings is 1. The number of benzene rings is 1. The number of amides is 3. The molecule has 0 aliphatic rings. The zero-order valence-corrected chi connectivity index (χ0v) is 13.9. The van der Waals surface area contributed by atoms with E-state index in [1.807, 2.05) is 36.5 Å². The number of halogens is 3. The van der Waals surface area contributed by atoms with Crippen molar-refractivity contribution in [1.29, 1.82) is 0 Å². The summed E-state index contributed by atoms with van der Waals surface area (Å²) in [6.07, 6.45) is -1.24. The van der Waals surface area contributed by atoms with Crippen molar-refractivity contribution in [3.8, 4) is 5.69 Å². The number of aromatic nitrogens is 2. The van der Waals surface area contributed by atoms with Gasteiger partial charge in [0.15, 0.2) is 5.16 Å². The lowest BCUT2D eigenvalue weighted by molar-refractivity contribution is -0.124. The van der Waals surface area contributed by atoms with Gasteiger partial charge < -0.3 is 5.32 Å². The number of nitrogens with zero attached hydrogens (tertiary/aromatic N) is 2. The molecule has 0 unspecified atom stereocenters. The highest BCUT2D eigenvalue weighted by Gasteiger charge is 2.28. The van der Waals surface area contributed by atoms with Gasteiger partial charge in [0.1, 0.15) is 6.54 Å². The molecule has 0 saturated heterocycles. The number of thioether (sulfide) groups is 1. The summed E-state index contributed by atoms with van der Waals surface area (Å²) in [4.78, 5) is 27.0. The van der Waals surface area contributed by atoms with Crippen LogP contribution in [-0.4, -0.2) is 40.0 Å². The van der Waals surface area contributed by atoms with Gasteiger partial charge in [0.25, 0.3) is 0 Å². The predicted molar refractivity (Wildman–Crippen MR) is 86.6 cm³/mol. The highest BCUT2D eigenvalue weighted by Crippen LogP contribution is 2.20. The maximum atomic E-state index is 12.0. The fraction of sp³-hybridized carbons (Fsp3) is 0.267. The molecule has 0 atom stereocenters. The van der Waals surface area contributed by atoms with Crippen LogP contribution in [0.25, 0.3) is 5.69 Å². The van der Waals surface area contributed by atoms with Crippen LogP contribution in [0.2, 0.25) is 0 Å². The Hall–Kier alpha value is -2.49. The van der Waals surface area contributed by atoms with E-state index in [4.69, 9.17) is 0 Å². The lowest BCUT2D eigenvalue weighted by Crippen LogP contribution is -2.43. The van der Waals surface area contributed by atoms with Gasteiger partial charge in [-0.2, -0.15) is 13.2 Å². The Morgan fingerprint density at radius 2 is 2.08 bits per heavy atom. The van der Waals surface area contributed by atoms with Gasteiger partial charge in [-0.05, 0) is 24.6 Å². The van der Waals surface area contributed by atoms with Crippen LogP contribution in [0.15, 0.2) is 41.8 Å². The van der Waals surface area contributed by atoms with E-state index in [1.165, 1.54) is 0 Å². The molecule has 1 aromatic heterocycles. The third-order valence-electron chi connectivity index (χ3n) is 2.92. The van der Waals surface area contributed by atoms with Crippen LogP contribution in [-0.2, 0) is 4.79 Å². The Morgan fingerprint density at radius 3 is 2.76 bits per heavy atom. The molecule has 0 radical (unpaired) electrons. The molecular weight excluding hydrogens is 357 g/mol. The number of hydrogen-bond acceptors (Lipinski definition) is 4. The van der Waals surface area contributed by atoms with Gasteiger partial charge in [-0.25, -0.2) is 9.78 Å². The molecule has 10 heteroatoms. The first-order chi connectivity index (χ1) is 11.7. The van der Waals surface area contributed by atoms with Crippen molar-refractivity contribution >= 4 is 23.7 Å². The van der Waals surface area contributed by atoms with E-state index in [0.717, 1.165) is 23.0 Å². The minimum atomic E-state index is -4.53. The fourth-order valence-electron chi connectivity index (χ4n) is 1.89. The van der Waals surface area contributed by atoms with E-state index >= 15 is 0 Å². The maximum Gasteiger partial charge on any atom is 0.405 e. The fourth-order valence-corrected chi connectivity index (χ4v) is 2.66. The molecule has 0 saturated carbocycles. The smallest absolute Gasteiger partial charge is 0.329 e. The summed E-state index contributed by atoms with van der Waals surface area (Å²) >= 11 is 1.07. The SMILES string of the molecule is Cc1cccc(-n2ccnc2SCC(=O)NC(=O)NCC(F)(F)F)c1. The first-order valence-electron chi connectivity index (χ1n) is 7.12. The van der Waals surface area contributed by atoms with Crippen molar-refractivity contribution in [2.45, 2.75) is 18.3 Å². The molecule has 0 aliphatic heterocycles. The van der Waals surface area contributed by atoms with Gasteiger partial charge in [-0.3, -0.25) is 14.7 Å². The van der Waals surface area contributed by atoms with Gasteiger partial charge in [0, 0.05) is 18.1 Å². The zero-order chi connectivity index (χ0) is 18.4. The Kier molecular flexibility index (Phi) is 6.07. The summed E-state index contributed by atoms with van der Waals surface area (Å²) in [5.74, 6) is -0.883. The number of imide groups is 1. The predicted octanol–water partition coefficient (Wildman–Crippen LogP) is 2.66. The summed E-state index contributed by atoms with van der Waals surface area (Å²) in [7, 11) is 0. The second-order valence-electron chi connectivity index (χ2n) is 5.05. The summed E-state index contributed by atoms with van der Waals surface area (Å²) < 4.78 is 37.7. The number of carbonyl (C=O) groups is 2. The topological polar surface area (TPSA) is 76.0 Å². The molecule has 1 aromatic carbocycles. The largest absolute Gasteiger partial charge is 0.405 e. The summed E-state index contributed by atoms with van der Waals surface area (Å²) in [6.45, 7) is 0.442. The molecule has 0 bridgehead atoms. The van der Waals surface area contributed by atoms with E-state index in [1.54, 1.807) is 22.3 Å². The van der Waals surface area contributed by atoms with E-state index < -0.39 is 24.7 Å². The third kappa shape index (κ3) is 6.14. The van der Waals surface area contributed by atoms with Crippen molar-refractivity contribution in [3.63, 3.8) is 0 Å². The van der Waals surface area contributed by atoms with E-state index in [2.05, 4.69) is 4.98 Å². The normalized spacial score (nSPS) is 11.2. The number of aryl methyl sites for hydroxylation is 1. The average molecular weight is 372 g/mol. The number of urea groups is 1. The van der Waals surface area contributed by atoms with Crippen molar-refractivity contribution in [2.75, 3.05) is 12.3 Å². The van der Waals surface area contributed by atoms with Crippen molar-refractivity contribution in [1.82, 2.24) is 20.2 Å². The van der Waals surface area contributed by atoms with E-state index in [0.29, 0.717) is 5.16 Å². The minimum Gasteiger partial charge on any atom is -0.329 e. The zero-order valence-electron chi connectivity index (χ0n) is 13.1. The standard InChI is InChI=1S/C15H15F3N4O2S/c1-10-3-2-4-11(7-10)22-6-5-19-14(22)25-8-12(23)21-13(24)20-9-15(16,17)18/h2-7H,8-9H2,1H3,(H2,20,21,23,24). The van der Waals surface area contributed by atoms with E-state index in [9.17, 15) is 22.8 Å². The van der Waals surface area contributed by atoms with Gasteiger partial charge in [-0.15, -0.1) is 0 Å². The quantitative estimate of drug-likeness (QED) is 0.792. The molecule has 6 nitrogen and oxygen atoms in total. The van der Waals surface area contributed by atoms with Crippen LogP contribution in [0, 0.1) is 6.92 Å². The van der Waals surface area contributed by atoms with Crippen LogP contribution in [0.4, 0.5) is 18.0 Å². The van der Waals surface area contributed by atoms with Crippen molar-refractivity contribution in [2.24, 2.45) is 0 Å².